The first-order chi connectivity index (χ1) is 15.7. The summed E-state index contributed by atoms with van der Waals surface area (Å²) in [5.74, 6) is 1.88. The summed E-state index contributed by atoms with van der Waals surface area (Å²) in [5.41, 5.74) is 2.68. The SMILES string of the molecule is C=CCOc1ccc(C=Nc2sc3c(c2C(=O)NCc2ccco2)CCCC3)cc1OC. The van der Waals surface area contributed by atoms with Gasteiger partial charge < -0.3 is 19.2 Å². The number of furan rings is 1. The van der Waals surface area contributed by atoms with Gasteiger partial charge in [-0.05, 0) is 67.1 Å². The number of hydrogen-bond donors (Lipinski definition) is 1. The topological polar surface area (TPSA) is 73.1 Å². The Morgan fingerprint density at radius 3 is 2.94 bits per heavy atom. The highest BCUT2D eigenvalue weighted by Gasteiger charge is 2.25. The van der Waals surface area contributed by atoms with Crippen LogP contribution in [0.15, 0.2) is 58.7 Å². The zero-order chi connectivity index (χ0) is 22.3. The first kappa shape index (κ1) is 21.9. The molecular weight excluding hydrogens is 424 g/mol. The van der Waals surface area contributed by atoms with Crippen LogP contribution in [0, 0.1) is 0 Å². The minimum Gasteiger partial charge on any atom is -0.493 e. The van der Waals surface area contributed by atoms with Gasteiger partial charge in [0.05, 0.1) is 25.5 Å². The minimum atomic E-state index is -0.112. The van der Waals surface area contributed by atoms with Crippen LogP contribution in [0.4, 0.5) is 5.00 Å². The summed E-state index contributed by atoms with van der Waals surface area (Å²) >= 11 is 1.61. The number of nitrogens with zero attached hydrogens (tertiary/aromatic N) is 1. The first-order valence-electron chi connectivity index (χ1n) is 10.6. The predicted molar refractivity (Wildman–Crippen MR) is 127 cm³/mol. The van der Waals surface area contributed by atoms with Crippen LogP contribution in [0.2, 0.25) is 0 Å². The number of carbonyl (C=O) groups is 1. The summed E-state index contributed by atoms with van der Waals surface area (Å²) < 4.78 is 16.4. The molecular formula is C25H26N2O4S. The number of benzene rings is 1. The Labute approximate surface area is 191 Å². The van der Waals surface area contributed by atoms with Gasteiger partial charge in [-0.3, -0.25) is 4.79 Å². The van der Waals surface area contributed by atoms with Crippen molar-refractivity contribution < 1.29 is 18.7 Å². The van der Waals surface area contributed by atoms with Crippen LogP contribution < -0.4 is 14.8 Å². The molecule has 0 radical (unpaired) electrons. The van der Waals surface area contributed by atoms with Gasteiger partial charge in [-0.25, -0.2) is 4.99 Å². The van der Waals surface area contributed by atoms with E-state index in [-0.39, 0.29) is 5.91 Å². The highest BCUT2D eigenvalue weighted by molar-refractivity contribution is 7.16. The maximum absolute atomic E-state index is 13.1. The van der Waals surface area contributed by atoms with Gasteiger partial charge in [0, 0.05) is 11.1 Å². The molecule has 3 aromatic rings. The van der Waals surface area contributed by atoms with Crippen LogP contribution in [0.5, 0.6) is 11.5 Å². The molecule has 0 bridgehead atoms. The lowest BCUT2D eigenvalue weighted by atomic mass is 9.95. The van der Waals surface area contributed by atoms with Crippen LogP contribution >= 0.6 is 11.3 Å². The zero-order valence-electron chi connectivity index (χ0n) is 18.1. The fourth-order valence-electron chi connectivity index (χ4n) is 3.71. The van der Waals surface area contributed by atoms with Crippen molar-refractivity contribution >= 4 is 28.5 Å². The van der Waals surface area contributed by atoms with E-state index in [9.17, 15) is 4.79 Å². The Hall–Kier alpha value is -3.32. The number of fused-ring (bicyclic) bond motifs is 1. The molecule has 0 atom stereocenters. The molecule has 4 rings (SSSR count). The van der Waals surface area contributed by atoms with E-state index in [4.69, 9.17) is 18.9 Å². The summed E-state index contributed by atoms with van der Waals surface area (Å²) in [5, 5.41) is 3.71. The quantitative estimate of drug-likeness (QED) is 0.346. The molecule has 2 aromatic heterocycles. The third-order valence-electron chi connectivity index (χ3n) is 5.26. The number of rotatable bonds is 9. The largest absolute Gasteiger partial charge is 0.493 e. The number of nitrogens with one attached hydrogen (secondary N) is 1. The fraction of sp³-hybridized carbons (Fsp3) is 0.280. The molecule has 2 heterocycles. The lowest BCUT2D eigenvalue weighted by molar-refractivity contribution is 0.0948. The number of carbonyl (C=O) groups excluding carboxylic acids is 1. The van der Waals surface area contributed by atoms with E-state index < -0.39 is 0 Å². The van der Waals surface area contributed by atoms with Crippen molar-refractivity contribution in [2.24, 2.45) is 4.99 Å². The Bertz CT molecular complexity index is 1120. The molecule has 1 amide bonds. The predicted octanol–water partition coefficient (Wildman–Crippen LogP) is 5.47. The van der Waals surface area contributed by atoms with Crippen LogP contribution in [0.25, 0.3) is 0 Å². The maximum Gasteiger partial charge on any atom is 0.255 e. The van der Waals surface area contributed by atoms with Crippen molar-refractivity contribution in [2.45, 2.75) is 32.2 Å². The monoisotopic (exact) mass is 450 g/mol. The third-order valence-corrected chi connectivity index (χ3v) is 6.46. The third kappa shape index (κ3) is 4.94. The van der Waals surface area contributed by atoms with E-state index in [1.807, 2.05) is 30.3 Å². The molecule has 0 fully saturated rings. The van der Waals surface area contributed by atoms with Gasteiger partial charge >= 0.3 is 0 Å². The average Bonchev–Trinajstić information content (AvgIpc) is 3.47. The number of amides is 1. The normalized spacial score (nSPS) is 13.0. The zero-order valence-corrected chi connectivity index (χ0v) is 18.9. The molecule has 7 heteroatoms. The molecule has 1 N–H and O–H groups in total. The van der Waals surface area contributed by atoms with Gasteiger partial charge in [0.2, 0.25) is 0 Å². The second kappa shape index (κ2) is 10.3. The summed E-state index contributed by atoms with van der Waals surface area (Å²) in [7, 11) is 1.60. The van der Waals surface area contributed by atoms with Crippen LogP contribution in [-0.2, 0) is 19.4 Å². The van der Waals surface area contributed by atoms with Gasteiger partial charge in [0.1, 0.15) is 17.4 Å². The molecule has 0 aliphatic heterocycles. The smallest absolute Gasteiger partial charge is 0.255 e. The minimum absolute atomic E-state index is 0.112. The molecule has 32 heavy (non-hydrogen) atoms. The second-order valence-electron chi connectivity index (χ2n) is 7.42. The van der Waals surface area contributed by atoms with Crippen LogP contribution in [0.1, 0.15) is 45.0 Å². The van der Waals surface area contributed by atoms with Crippen LogP contribution in [0.3, 0.4) is 0 Å². The average molecular weight is 451 g/mol. The molecule has 1 aliphatic carbocycles. The van der Waals surface area contributed by atoms with E-state index in [2.05, 4.69) is 11.9 Å². The molecule has 1 aliphatic rings. The Morgan fingerprint density at radius 2 is 2.16 bits per heavy atom. The number of hydrogen-bond acceptors (Lipinski definition) is 6. The van der Waals surface area contributed by atoms with Crippen molar-refractivity contribution in [3.8, 4) is 11.5 Å². The lowest BCUT2D eigenvalue weighted by Crippen LogP contribution is -2.23. The highest BCUT2D eigenvalue weighted by atomic mass is 32.1. The van der Waals surface area contributed by atoms with Gasteiger partial charge in [0.15, 0.2) is 11.5 Å². The van der Waals surface area contributed by atoms with E-state index in [0.717, 1.165) is 47.6 Å². The van der Waals surface area contributed by atoms with E-state index in [0.29, 0.717) is 30.2 Å². The van der Waals surface area contributed by atoms with Gasteiger partial charge in [-0.15, -0.1) is 11.3 Å². The first-order valence-corrected chi connectivity index (χ1v) is 11.4. The van der Waals surface area contributed by atoms with E-state index in [1.54, 1.807) is 37.0 Å². The van der Waals surface area contributed by atoms with Gasteiger partial charge in [-0.1, -0.05) is 12.7 Å². The fourth-order valence-corrected chi connectivity index (χ4v) is 4.94. The number of methoxy groups -OCH3 is 1. The molecule has 0 spiro atoms. The second-order valence-corrected chi connectivity index (χ2v) is 8.50. The Balaban J connectivity index is 1.59. The van der Waals surface area contributed by atoms with Crippen molar-refractivity contribution in [1.82, 2.24) is 5.32 Å². The summed E-state index contributed by atoms with van der Waals surface area (Å²) in [4.78, 5) is 19.1. The molecule has 6 nitrogen and oxygen atoms in total. The Kier molecular flexibility index (Phi) is 7.07. The number of ether oxygens (including phenoxy) is 2. The van der Waals surface area contributed by atoms with Gasteiger partial charge in [0.25, 0.3) is 5.91 Å². The summed E-state index contributed by atoms with van der Waals surface area (Å²) in [6.45, 7) is 4.42. The van der Waals surface area contributed by atoms with Crippen molar-refractivity contribution in [3.63, 3.8) is 0 Å². The molecule has 0 saturated heterocycles. The number of thiophene rings is 1. The van der Waals surface area contributed by atoms with E-state index in [1.165, 1.54) is 4.88 Å². The van der Waals surface area contributed by atoms with Crippen molar-refractivity contribution in [3.05, 3.63) is 76.6 Å². The lowest BCUT2D eigenvalue weighted by Gasteiger charge is -2.12. The molecule has 0 unspecified atom stereocenters. The number of aliphatic imine (C=N–C) groups is 1. The number of aryl methyl sites for hydroxylation is 1. The highest BCUT2D eigenvalue weighted by Crippen LogP contribution is 2.40. The molecule has 0 saturated carbocycles. The standard InChI is InChI=1S/C25H26N2O4S/c1-3-12-31-20-11-10-17(14-21(20)29-2)15-27-25-23(19-8-4-5-9-22(19)32-25)24(28)26-16-18-7-6-13-30-18/h3,6-7,10-11,13-15H,1,4-5,8-9,12,16H2,2H3,(H,26,28). The van der Waals surface area contributed by atoms with Crippen molar-refractivity contribution in [2.75, 3.05) is 13.7 Å². The van der Waals surface area contributed by atoms with Crippen molar-refractivity contribution in [1.29, 1.82) is 0 Å². The molecule has 1 aromatic carbocycles. The summed E-state index contributed by atoms with van der Waals surface area (Å²) in [6.07, 6.45) is 9.20. The maximum atomic E-state index is 13.1. The molecule has 166 valence electrons. The van der Waals surface area contributed by atoms with E-state index >= 15 is 0 Å². The van der Waals surface area contributed by atoms with Crippen LogP contribution in [-0.4, -0.2) is 25.8 Å². The summed E-state index contributed by atoms with van der Waals surface area (Å²) in [6, 6.07) is 9.28. The Morgan fingerprint density at radius 1 is 1.28 bits per heavy atom. The van der Waals surface area contributed by atoms with Gasteiger partial charge in [-0.2, -0.15) is 0 Å².